The summed E-state index contributed by atoms with van der Waals surface area (Å²) in [6.45, 7) is 7.37. The Bertz CT molecular complexity index is 501. The summed E-state index contributed by atoms with van der Waals surface area (Å²) < 4.78 is 5.45. The van der Waals surface area contributed by atoms with E-state index in [-0.39, 0.29) is 12.5 Å². The molecule has 0 spiro atoms. The van der Waals surface area contributed by atoms with Gasteiger partial charge in [0, 0.05) is 31.6 Å². The van der Waals surface area contributed by atoms with Crippen LogP contribution in [0.4, 0.5) is 0 Å². The molecule has 2 rings (SSSR count). The monoisotopic (exact) mass is 303 g/mol. The van der Waals surface area contributed by atoms with Gasteiger partial charge in [-0.15, -0.1) is 0 Å². The van der Waals surface area contributed by atoms with Gasteiger partial charge in [-0.1, -0.05) is 26.0 Å². The molecule has 0 saturated carbocycles. The fraction of sp³-hybridized carbons (Fsp3) is 0.529. The maximum absolute atomic E-state index is 11.7. The van der Waals surface area contributed by atoms with Crippen LogP contribution < -0.4 is 10.2 Å². The Balaban J connectivity index is 1.71. The molecule has 5 nitrogen and oxygen atoms in total. The smallest absolute Gasteiger partial charge is 0.277 e. The molecular formula is C17H25N3O2. The van der Waals surface area contributed by atoms with Gasteiger partial charge in [-0.25, -0.2) is 5.43 Å². The summed E-state index contributed by atoms with van der Waals surface area (Å²) in [5.41, 5.74) is 4.90. The average Bonchev–Trinajstić information content (AvgIpc) is 2.59. The number of nitrogens with one attached hydrogen (secondary N) is 1. The predicted octanol–water partition coefficient (Wildman–Crippen LogP) is 2.22. The van der Waals surface area contributed by atoms with E-state index in [0.29, 0.717) is 5.75 Å². The molecule has 1 aromatic rings. The van der Waals surface area contributed by atoms with Crippen molar-refractivity contribution in [2.75, 3.05) is 26.2 Å². The highest BCUT2D eigenvalue weighted by molar-refractivity contribution is 5.87. The van der Waals surface area contributed by atoms with Crippen molar-refractivity contribution in [2.45, 2.75) is 33.1 Å². The van der Waals surface area contributed by atoms with Gasteiger partial charge in [0.2, 0.25) is 0 Å². The molecule has 0 aromatic heterocycles. The lowest BCUT2D eigenvalue weighted by atomic mass is 10.1. The number of hydrogen-bond donors (Lipinski definition) is 1. The third kappa shape index (κ3) is 5.15. The van der Waals surface area contributed by atoms with Gasteiger partial charge in [0.25, 0.3) is 5.91 Å². The zero-order chi connectivity index (χ0) is 15.8. The van der Waals surface area contributed by atoms with Crippen LogP contribution in [-0.2, 0) is 11.2 Å². The number of hydrazone groups is 1. The van der Waals surface area contributed by atoms with Crippen LogP contribution in [0.2, 0.25) is 0 Å². The van der Waals surface area contributed by atoms with E-state index >= 15 is 0 Å². The molecule has 1 heterocycles. The van der Waals surface area contributed by atoms with Gasteiger partial charge in [0.05, 0.1) is 0 Å². The lowest BCUT2D eigenvalue weighted by Crippen LogP contribution is -2.35. The van der Waals surface area contributed by atoms with Crippen LogP contribution in [-0.4, -0.2) is 42.8 Å². The summed E-state index contributed by atoms with van der Waals surface area (Å²) in [6.07, 6.45) is 2.84. The number of aryl methyl sites for hydroxylation is 1. The molecule has 5 heteroatoms. The Labute approximate surface area is 132 Å². The molecule has 1 amide bonds. The highest BCUT2D eigenvalue weighted by Crippen LogP contribution is 2.12. The molecule has 1 N–H and O–H groups in total. The van der Waals surface area contributed by atoms with E-state index < -0.39 is 0 Å². The summed E-state index contributed by atoms with van der Waals surface area (Å²) in [6, 6.07) is 7.79. The van der Waals surface area contributed by atoms with Crippen LogP contribution in [0.15, 0.2) is 29.4 Å². The molecule has 22 heavy (non-hydrogen) atoms. The molecule has 1 aliphatic heterocycles. The number of ether oxygens (including phenoxy) is 1. The van der Waals surface area contributed by atoms with E-state index in [1.54, 1.807) is 0 Å². The highest BCUT2D eigenvalue weighted by Gasteiger charge is 2.13. The van der Waals surface area contributed by atoms with Crippen LogP contribution in [0.25, 0.3) is 0 Å². The van der Waals surface area contributed by atoms with Gasteiger partial charge in [0.15, 0.2) is 6.61 Å². The minimum Gasteiger partial charge on any atom is -0.484 e. The van der Waals surface area contributed by atoms with Crippen molar-refractivity contribution >= 4 is 11.6 Å². The summed E-state index contributed by atoms with van der Waals surface area (Å²) >= 11 is 0. The zero-order valence-electron chi connectivity index (χ0n) is 13.5. The van der Waals surface area contributed by atoms with Gasteiger partial charge < -0.3 is 9.64 Å². The fourth-order valence-corrected chi connectivity index (χ4v) is 2.38. The normalized spacial score (nSPS) is 15.5. The number of amides is 1. The van der Waals surface area contributed by atoms with Crippen LogP contribution >= 0.6 is 0 Å². The van der Waals surface area contributed by atoms with Crippen molar-refractivity contribution in [3.05, 3.63) is 29.8 Å². The Hall–Kier alpha value is -1.88. The second-order valence-electron chi connectivity index (χ2n) is 5.43. The third-order valence-corrected chi connectivity index (χ3v) is 3.92. The fourth-order valence-electron chi connectivity index (χ4n) is 2.38. The molecule has 0 unspecified atom stereocenters. The number of carbonyl (C=O) groups excluding carboxylic acids is 1. The minimum absolute atomic E-state index is 0.0106. The van der Waals surface area contributed by atoms with Crippen LogP contribution in [0.3, 0.4) is 0 Å². The number of hydrogen-bond acceptors (Lipinski definition) is 4. The molecule has 0 bridgehead atoms. The lowest BCUT2D eigenvalue weighted by molar-refractivity contribution is -0.123. The van der Waals surface area contributed by atoms with E-state index in [4.69, 9.17) is 4.74 Å². The van der Waals surface area contributed by atoms with Crippen molar-refractivity contribution in [3.63, 3.8) is 0 Å². The van der Waals surface area contributed by atoms with Gasteiger partial charge in [-0.3, -0.25) is 4.79 Å². The molecule has 0 radical (unpaired) electrons. The van der Waals surface area contributed by atoms with Crippen LogP contribution in [0.5, 0.6) is 5.75 Å². The number of piperidine rings is 1. The molecule has 1 aliphatic rings. The van der Waals surface area contributed by atoms with Crippen LogP contribution in [0.1, 0.15) is 32.3 Å². The van der Waals surface area contributed by atoms with Crippen molar-refractivity contribution in [1.29, 1.82) is 0 Å². The molecule has 120 valence electrons. The quantitative estimate of drug-likeness (QED) is 0.820. The predicted molar refractivity (Wildman–Crippen MR) is 88.2 cm³/mol. The molecule has 0 atom stereocenters. The number of carbonyl (C=O) groups is 1. The average molecular weight is 303 g/mol. The molecule has 1 saturated heterocycles. The standard InChI is InChI=1S/C17H25N3O2/c1-3-14-5-7-16(8-6-14)22-13-17(21)19-18-15-9-11-20(4-2)12-10-15/h5-8H,3-4,9-13H2,1-2H3,(H,19,21). The maximum Gasteiger partial charge on any atom is 0.277 e. The van der Waals surface area contributed by atoms with Gasteiger partial charge in [-0.05, 0) is 30.7 Å². The van der Waals surface area contributed by atoms with E-state index in [1.165, 1.54) is 5.56 Å². The molecule has 1 fully saturated rings. The Kier molecular flexibility index (Phi) is 6.40. The second kappa shape index (κ2) is 8.54. The van der Waals surface area contributed by atoms with Gasteiger partial charge in [0.1, 0.15) is 5.75 Å². The second-order valence-corrected chi connectivity index (χ2v) is 5.43. The highest BCUT2D eigenvalue weighted by atomic mass is 16.5. The van der Waals surface area contributed by atoms with Crippen LogP contribution in [0, 0.1) is 0 Å². The first-order valence-corrected chi connectivity index (χ1v) is 7.99. The van der Waals surface area contributed by atoms with Crippen molar-refractivity contribution in [3.8, 4) is 5.75 Å². The first-order valence-electron chi connectivity index (χ1n) is 7.99. The van der Waals surface area contributed by atoms with E-state index in [2.05, 4.69) is 29.3 Å². The molecule has 1 aromatic carbocycles. The van der Waals surface area contributed by atoms with Gasteiger partial charge in [-0.2, -0.15) is 5.10 Å². The summed E-state index contributed by atoms with van der Waals surface area (Å²) in [5, 5.41) is 4.20. The number of rotatable bonds is 6. The number of likely N-dealkylation sites (tertiary alicyclic amines) is 1. The van der Waals surface area contributed by atoms with Crippen molar-refractivity contribution in [1.82, 2.24) is 10.3 Å². The van der Waals surface area contributed by atoms with E-state index in [0.717, 1.165) is 44.6 Å². The SMILES string of the molecule is CCc1ccc(OCC(=O)NN=C2CCN(CC)CC2)cc1. The van der Waals surface area contributed by atoms with Crippen molar-refractivity contribution < 1.29 is 9.53 Å². The first-order chi connectivity index (χ1) is 10.7. The number of benzene rings is 1. The summed E-state index contributed by atoms with van der Waals surface area (Å²) in [7, 11) is 0. The summed E-state index contributed by atoms with van der Waals surface area (Å²) in [5.74, 6) is 0.487. The maximum atomic E-state index is 11.7. The summed E-state index contributed by atoms with van der Waals surface area (Å²) in [4.78, 5) is 14.1. The van der Waals surface area contributed by atoms with E-state index in [9.17, 15) is 4.79 Å². The molecular weight excluding hydrogens is 278 g/mol. The molecule has 0 aliphatic carbocycles. The third-order valence-electron chi connectivity index (χ3n) is 3.92. The number of nitrogens with zero attached hydrogens (tertiary/aromatic N) is 2. The first kappa shape index (κ1) is 16.5. The zero-order valence-corrected chi connectivity index (χ0v) is 13.5. The largest absolute Gasteiger partial charge is 0.484 e. The van der Waals surface area contributed by atoms with Gasteiger partial charge >= 0.3 is 0 Å². The minimum atomic E-state index is -0.218. The Morgan fingerprint density at radius 1 is 1.23 bits per heavy atom. The topological polar surface area (TPSA) is 53.9 Å². The Morgan fingerprint density at radius 3 is 2.50 bits per heavy atom. The lowest BCUT2D eigenvalue weighted by Gasteiger charge is -2.25. The Morgan fingerprint density at radius 2 is 1.91 bits per heavy atom. The van der Waals surface area contributed by atoms with Crippen molar-refractivity contribution in [2.24, 2.45) is 5.10 Å². The van der Waals surface area contributed by atoms with E-state index in [1.807, 2.05) is 24.3 Å².